The molecule has 122 valence electrons. The topological polar surface area (TPSA) is 64.3 Å². The van der Waals surface area contributed by atoms with Crippen LogP contribution >= 0.6 is 0 Å². The Morgan fingerprint density at radius 2 is 1.87 bits per heavy atom. The largest absolute Gasteiger partial charge is 0.491 e. The van der Waals surface area contributed by atoms with Crippen LogP contribution in [0.1, 0.15) is 25.0 Å². The van der Waals surface area contributed by atoms with Crippen molar-refractivity contribution in [2.45, 2.75) is 32.8 Å². The molecule has 0 atom stereocenters. The maximum absolute atomic E-state index is 12.0. The Morgan fingerprint density at radius 3 is 2.57 bits per heavy atom. The predicted molar refractivity (Wildman–Crippen MR) is 93.5 cm³/mol. The minimum atomic E-state index is 0.0159. The summed E-state index contributed by atoms with van der Waals surface area (Å²) in [7, 11) is 0. The van der Waals surface area contributed by atoms with Crippen LogP contribution in [0.5, 0.6) is 5.75 Å². The van der Waals surface area contributed by atoms with Crippen LogP contribution in [0.4, 0.5) is 5.69 Å². The molecule has 0 aliphatic rings. The molecule has 0 saturated carbocycles. The van der Waals surface area contributed by atoms with E-state index in [9.17, 15) is 4.79 Å². The van der Waals surface area contributed by atoms with E-state index in [-0.39, 0.29) is 12.0 Å². The first-order chi connectivity index (χ1) is 11.0. The summed E-state index contributed by atoms with van der Waals surface area (Å²) in [6, 6.07) is 15.4. The fraction of sp³-hybridized carbons (Fsp3) is 0.316. The number of ether oxygens (including phenoxy) is 1. The van der Waals surface area contributed by atoms with E-state index in [2.05, 4.69) is 5.32 Å². The quantitative estimate of drug-likeness (QED) is 0.773. The Bertz CT molecular complexity index is 636. The number of rotatable bonds is 7. The molecular formula is C19H24N2O2. The SMILES string of the molecule is CC(C)Oc1cccc(CC(=O)NCCc2ccc(N)cc2)c1. The highest BCUT2D eigenvalue weighted by Crippen LogP contribution is 2.15. The second-order valence-electron chi connectivity index (χ2n) is 5.83. The summed E-state index contributed by atoms with van der Waals surface area (Å²) in [6.07, 6.45) is 1.28. The van der Waals surface area contributed by atoms with Gasteiger partial charge in [0.1, 0.15) is 5.75 Å². The Kier molecular flexibility index (Phi) is 6.03. The maximum atomic E-state index is 12.0. The smallest absolute Gasteiger partial charge is 0.224 e. The van der Waals surface area contributed by atoms with Crippen molar-refractivity contribution in [3.8, 4) is 5.75 Å². The number of carbonyl (C=O) groups is 1. The van der Waals surface area contributed by atoms with Crippen molar-refractivity contribution >= 4 is 11.6 Å². The Labute approximate surface area is 137 Å². The molecule has 4 heteroatoms. The van der Waals surface area contributed by atoms with Gasteiger partial charge >= 0.3 is 0 Å². The fourth-order valence-corrected chi connectivity index (χ4v) is 2.28. The molecule has 2 aromatic carbocycles. The molecule has 0 aromatic heterocycles. The highest BCUT2D eigenvalue weighted by Gasteiger charge is 2.05. The lowest BCUT2D eigenvalue weighted by atomic mass is 10.1. The van der Waals surface area contributed by atoms with Gasteiger partial charge in [0.2, 0.25) is 5.91 Å². The van der Waals surface area contributed by atoms with E-state index < -0.39 is 0 Å². The average molecular weight is 312 g/mol. The van der Waals surface area contributed by atoms with Crippen LogP contribution in [-0.2, 0) is 17.6 Å². The number of hydrogen-bond donors (Lipinski definition) is 2. The molecule has 0 heterocycles. The maximum Gasteiger partial charge on any atom is 0.224 e. The van der Waals surface area contributed by atoms with E-state index in [1.54, 1.807) is 0 Å². The zero-order valence-corrected chi connectivity index (χ0v) is 13.7. The van der Waals surface area contributed by atoms with Crippen LogP contribution in [0.15, 0.2) is 48.5 Å². The van der Waals surface area contributed by atoms with Crippen molar-refractivity contribution < 1.29 is 9.53 Å². The van der Waals surface area contributed by atoms with Crippen molar-refractivity contribution in [1.29, 1.82) is 0 Å². The summed E-state index contributed by atoms with van der Waals surface area (Å²) in [6.45, 7) is 4.58. The molecule has 0 unspecified atom stereocenters. The summed E-state index contributed by atoms with van der Waals surface area (Å²) in [5, 5.41) is 2.94. The van der Waals surface area contributed by atoms with Gasteiger partial charge in [-0.3, -0.25) is 4.79 Å². The molecule has 0 spiro atoms. The average Bonchev–Trinajstić information content (AvgIpc) is 2.49. The highest BCUT2D eigenvalue weighted by atomic mass is 16.5. The van der Waals surface area contributed by atoms with Gasteiger partial charge in [0.05, 0.1) is 12.5 Å². The van der Waals surface area contributed by atoms with Crippen LogP contribution in [0, 0.1) is 0 Å². The van der Waals surface area contributed by atoms with Crippen LogP contribution in [0.25, 0.3) is 0 Å². The summed E-state index contributed by atoms with van der Waals surface area (Å²) in [4.78, 5) is 12.0. The third-order valence-electron chi connectivity index (χ3n) is 3.35. The first-order valence-electron chi connectivity index (χ1n) is 7.89. The van der Waals surface area contributed by atoms with Gasteiger partial charge in [-0.15, -0.1) is 0 Å². The van der Waals surface area contributed by atoms with Crippen molar-refractivity contribution in [1.82, 2.24) is 5.32 Å². The lowest BCUT2D eigenvalue weighted by molar-refractivity contribution is -0.120. The molecule has 0 aliphatic heterocycles. The molecule has 3 N–H and O–H groups in total. The minimum Gasteiger partial charge on any atom is -0.491 e. The number of nitrogens with two attached hydrogens (primary N) is 1. The first-order valence-corrected chi connectivity index (χ1v) is 7.89. The highest BCUT2D eigenvalue weighted by molar-refractivity contribution is 5.78. The zero-order chi connectivity index (χ0) is 16.7. The van der Waals surface area contributed by atoms with Crippen LogP contribution in [0.2, 0.25) is 0 Å². The summed E-state index contributed by atoms with van der Waals surface area (Å²) >= 11 is 0. The second kappa shape index (κ2) is 8.22. The lowest BCUT2D eigenvalue weighted by Gasteiger charge is -2.11. The molecule has 0 radical (unpaired) electrons. The molecule has 0 fully saturated rings. The van der Waals surface area contributed by atoms with Crippen LogP contribution in [-0.4, -0.2) is 18.6 Å². The van der Waals surface area contributed by atoms with Gasteiger partial charge in [0.15, 0.2) is 0 Å². The predicted octanol–water partition coefficient (Wildman–Crippen LogP) is 2.96. The normalized spacial score (nSPS) is 10.6. The van der Waals surface area contributed by atoms with Gasteiger partial charge in [-0.1, -0.05) is 24.3 Å². The lowest BCUT2D eigenvalue weighted by Crippen LogP contribution is -2.27. The van der Waals surface area contributed by atoms with E-state index in [4.69, 9.17) is 10.5 Å². The fourth-order valence-electron chi connectivity index (χ4n) is 2.28. The van der Waals surface area contributed by atoms with Crippen molar-refractivity contribution in [2.75, 3.05) is 12.3 Å². The summed E-state index contributed by atoms with van der Waals surface area (Å²) in [5.74, 6) is 0.814. The number of amides is 1. The van der Waals surface area contributed by atoms with Crippen molar-refractivity contribution in [3.63, 3.8) is 0 Å². The molecule has 2 aromatic rings. The minimum absolute atomic E-state index is 0.0159. The number of carbonyl (C=O) groups excluding carboxylic acids is 1. The first kappa shape index (κ1) is 16.9. The Hall–Kier alpha value is -2.49. The number of hydrogen-bond acceptors (Lipinski definition) is 3. The molecule has 0 aliphatic carbocycles. The van der Waals surface area contributed by atoms with Crippen LogP contribution < -0.4 is 15.8 Å². The molecule has 4 nitrogen and oxygen atoms in total. The number of nitrogens with one attached hydrogen (secondary N) is 1. The molecule has 1 amide bonds. The van der Waals surface area contributed by atoms with E-state index in [1.807, 2.05) is 62.4 Å². The molecule has 2 rings (SSSR count). The number of benzene rings is 2. The van der Waals surface area contributed by atoms with Gasteiger partial charge in [0, 0.05) is 12.2 Å². The van der Waals surface area contributed by atoms with E-state index in [0.717, 1.165) is 29.0 Å². The van der Waals surface area contributed by atoms with E-state index in [0.29, 0.717) is 13.0 Å². The molecule has 23 heavy (non-hydrogen) atoms. The summed E-state index contributed by atoms with van der Waals surface area (Å²) in [5.41, 5.74) is 8.51. The Morgan fingerprint density at radius 1 is 1.13 bits per heavy atom. The van der Waals surface area contributed by atoms with Crippen LogP contribution in [0.3, 0.4) is 0 Å². The van der Waals surface area contributed by atoms with Gasteiger partial charge in [0.25, 0.3) is 0 Å². The van der Waals surface area contributed by atoms with Gasteiger partial charge in [-0.2, -0.15) is 0 Å². The molecule has 0 saturated heterocycles. The van der Waals surface area contributed by atoms with E-state index >= 15 is 0 Å². The van der Waals surface area contributed by atoms with Gasteiger partial charge < -0.3 is 15.8 Å². The third kappa shape index (κ3) is 6.02. The van der Waals surface area contributed by atoms with Gasteiger partial charge in [-0.25, -0.2) is 0 Å². The van der Waals surface area contributed by atoms with Gasteiger partial charge in [-0.05, 0) is 55.7 Å². The second-order valence-corrected chi connectivity index (χ2v) is 5.83. The zero-order valence-electron chi connectivity index (χ0n) is 13.7. The monoisotopic (exact) mass is 312 g/mol. The summed E-state index contributed by atoms with van der Waals surface area (Å²) < 4.78 is 5.64. The molecule has 0 bridgehead atoms. The van der Waals surface area contributed by atoms with Crippen molar-refractivity contribution in [2.24, 2.45) is 0 Å². The van der Waals surface area contributed by atoms with Crippen molar-refractivity contribution in [3.05, 3.63) is 59.7 Å². The standard InChI is InChI=1S/C19H24N2O2/c1-14(2)23-18-5-3-4-16(12-18)13-19(22)21-11-10-15-6-8-17(20)9-7-15/h3-9,12,14H,10-11,13,20H2,1-2H3,(H,21,22). The van der Waals surface area contributed by atoms with E-state index in [1.165, 1.54) is 0 Å². The number of anilines is 1. The molecular weight excluding hydrogens is 288 g/mol. The number of nitrogen functional groups attached to an aromatic ring is 1. The Balaban J connectivity index is 1.79. The third-order valence-corrected chi connectivity index (χ3v) is 3.35.